The van der Waals surface area contributed by atoms with Gasteiger partial charge in [0.2, 0.25) is 0 Å². The summed E-state index contributed by atoms with van der Waals surface area (Å²) in [7, 11) is 0. The SMILES string of the molecule is Cc1ccc(OCC(=O)NCc2cccc(NC(=O)C(F)(F)F)c2)cc1. The Labute approximate surface area is 148 Å². The van der Waals surface area contributed by atoms with Crippen molar-refractivity contribution >= 4 is 17.5 Å². The Kier molecular flexibility index (Phi) is 6.21. The molecule has 2 rings (SSSR count). The minimum atomic E-state index is -4.96. The monoisotopic (exact) mass is 366 g/mol. The number of hydrogen-bond donors (Lipinski definition) is 2. The Morgan fingerprint density at radius 3 is 2.42 bits per heavy atom. The highest BCUT2D eigenvalue weighted by molar-refractivity contribution is 5.94. The molecule has 0 bridgehead atoms. The van der Waals surface area contributed by atoms with Gasteiger partial charge in [-0.25, -0.2) is 0 Å². The molecule has 0 aliphatic carbocycles. The van der Waals surface area contributed by atoms with Gasteiger partial charge in [0, 0.05) is 12.2 Å². The van der Waals surface area contributed by atoms with Gasteiger partial charge < -0.3 is 15.4 Å². The number of aryl methyl sites for hydroxylation is 1. The summed E-state index contributed by atoms with van der Waals surface area (Å²) in [5.41, 5.74) is 1.60. The smallest absolute Gasteiger partial charge is 0.471 e. The van der Waals surface area contributed by atoms with Gasteiger partial charge in [-0.1, -0.05) is 29.8 Å². The molecule has 0 radical (unpaired) electrons. The minimum absolute atomic E-state index is 0.00465. The average Bonchev–Trinajstić information content (AvgIpc) is 2.59. The molecule has 0 atom stereocenters. The molecule has 0 spiro atoms. The number of amides is 2. The summed E-state index contributed by atoms with van der Waals surface area (Å²) in [6.07, 6.45) is -4.96. The van der Waals surface area contributed by atoms with Crippen molar-refractivity contribution in [2.75, 3.05) is 11.9 Å². The first-order valence-electron chi connectivity index (χ1n) is 7.67. The summed E-state index contributed by atoms with van der Waals surface area (Å²) in [4.78, 5) is 22.7. The topological polar surface area (TPSA) is 67.4 Å². The molecule has 26 heavy (non-hydrogen) atoms. The van der Waals surface area contributed by atoms with Gasteiger partial charge in [-0.2, -0.15) is 13.2 Å². The molecular weight excluding hydrogens is 349 g/mol. The molecule has 0 saturated carbocycles. The number of ether oxygens (including phenoxy) is 1. The molecule has 0 aromatic heterocycles. The van der Waals surface area contributed by atoms with Crippen molar-refractivity contribution in [2.45, 2.75) is 19.6 Å². The zero-order chi connectivity index (χ0) is 19.2. The number of carbonyl (C=O) groups is 2. The van der Waals surface area contributed by atoms with E-state index in [1.807, 2.05) is 19.1 Å². The Morgan fingerprint density at radius 1 is 1.08 bits per heavy atom. The van der Waals surface area contributed by atoms with E-state index in [-0.39, 0.29) is 24.7 Å². The molecule has 0 heterocycles. The third-order valence-corrected chi connectivity index (χ3v) is 3.32. The molecule has 5 nitrogen and oxygen atoms in total. The van der Waals surface area contributed by atoms with Crippen LogP contribution in [0.4, 0.5) is 18.9 Å². The molecule has 0 aliphatic heterocycles. The molecule has 2 aromatic carbocycles. The lowest BCUT2D eigenvalue weighted by molar-refractivity contribution is -0.167. The first-order valence-corrected chi connectivity index (χ1v) is 7.67. The molecule has 2 N–H and O–H groups in total. The van der Waals surface area contributed by atoms with Crippen LogP contribution in [-0.2, 0) is 16.1 Å². The van der Waals surface area contributed by atoms with E-state index in [2.05, 4.69) is 5.32 Å². The number of nitrogens with one attached hydrogen (secondary N) is 2. The number of halogens is 3. The van der Waals surface area contributed by atoms with Crippen LogP contribution in [0.2, 0.25) is 0 Å². The van der Waals surface area contributed by atoms with Crippen molar-refractivity contribution in [3.05, 3.63) is 59.7 Å². The van der Waals surface area contributed by atoms with Crippen LogP contribution in [0.1, 0.15) is 11.1 Å². The average molecular weight is 366 g/mol. The molecule has 0 fully saturated rings. The summed E-state index contributed by atoms with van der Waals surface area (Å²) < 4.78 is 42.1. The maximum Gasteiger partial charge on any atom is 0.471 e. The second-order valence-corrected chi connectivity index (χ2v) is 5.53. The van der Waals surface area contributed by atoms with Crippen LogP contribution in [0.5, 0.6) is 5.75 Å². The van der Waals surface area contributed by atoms with Crippen LogP contribution in [0.25, 0.3) is 0 Å². The molecule has 0 saturated heterocycles. The largest absolute Gasteiger partial charge is 0.484 e. The predicted molar refractivity (Wildman–Crippen MR) is 89.6 cm³/mol. The van der Waals surface area contributed by atoms with Crippen LogP contribution in [0, 0.1) is 6.92 Å². The summed E-state index contributed by atoms with van der Waals surface area (Å²) in [6.45, 7) is 1.83. The minimum Gasteiger partial charge on any atom is -0.484 e. The van der Waals surface area contributed by atoms with Crippen LogP contribution < -0.4 is 15.4 Å². The van der Waals surface area contributed by atoms with Gasteiger partial charge in [-0.15, -0.1) is 0 Å². The third-order valence-electron chi connectivity index (χ3n) is 3.32. The number of carbonyl (C=O) groups excluding carboxylic acids is 2. The first-order chi connectivity index (χ1) is 12.2. The number of anilines is 1. The second-order valence-electron chi connectivity index (χ2n) is 5.53. The number of benzene rings is 2. The Balaban J connectivity index is 1.83. The predicted octanol–water partition coefficient (Wildman–Crippen LogP) is 3.19. The van der Waals surface area contributed by atoms with Crippen molar-refractivity contribution in [1.82, 2.24) is 5.32 Å². The number of alkyl halides is 3. The van der Waals surface area contributed by atoms with E-state index < -0.39 is 12.1 Å². The van der Waals surface area contributed by atoms with Gasteiger partial charge in [0.05, 0.1) is 0 Å². The molecule has 0 unspecified atom stereocenters. The van der Waals surface area contributed by atoms with Crippen molar-refractivity contribution in [2.24, 2.45) is 0 Å². The summed E-state index contributed by atoms with van der Waals surface area (Å²) in [6, 6.07) is 13.0. The first kappa shape index (κ1) is 19.3. The quantitative estimate of drug-likeness (QED) is 0.825. The zero-order valence-corrected chi connectivity index (χ0v) is 13.9. The number of hydrogen-bond acceptors (Lipinski definition) is 3. The van der Waals surface area contributed by atoms with Crippen LogP contribution >= 0.6 is 0 Å². The van der Waals surface area contributed by atoms with Crippen LogP contribution in [0.15, 0.2) is 48.5 Å². The van der Waals surface area contributed by atoms with Gasteiger partial charge in [0.1, 0.15) is 5.75 Å². The fourth-order valence-corrected chi connectivity index (χ4v) is 2.00. The van der Waals surface area contributed by atoms with E-state index in [4.69, 9.17) is 4.74 Å². The summed E-state index contributed by atoms with van der Waals surface area (Å²) >= 11 is 0. The van der Waals surface area contributed by atoms with Crippen molar-refractivity contribution in [1.29, 1.82) is 0 Å². The third kappa shape index (κ3) is 6.12. The molecule has 2 aromatic rings. The molecule has 2 amide bonds. The van der Waals surface area contributed by atoms with Crippen LogP contribution in [-0.4, -0.2) is 24.6 Å². The van der Waals surface area contributed by atoms with E-state index in [1.165, 1.54) is 18.2 Å². The van der Waals surface area contributed by atoms with Crippen molar-refractivity contribution in [3.8, 4) is 5.75 Å². The highest BCUT2D eigenvalue weighted by atomic mass is 19.4. The zero-order valence-electron chi connectivity index (χ0n) is 13.9. The van der Waals surface area contributed by atoms with E-state index in [0.29, 0.717) is 11.3 Å². The fraction of sp³-hybridized carbons (Fsp3) is 0.222. The van der Waals surface area contributed by atoms with Crippen LogP contribution in [0.3, 0.4) is 0 Å². The fourth-order valence-electron chi connectivity index (χ4n) is 2.00. The highest BCUT2D eigenvalue weighted by Gasteiger charge is 2.38. The lowest BCUT2D eigenvalue weighted by Gasteiger charge is -2.10. The van der Waals surface area contributed by atoms with Crippen molar-refractivity contribution in [3.63, 3.8) is 0 Å². The van der Waals surface area contributed by atoms with Gasteiger partial charge >= 0.3 is 12.1 Å². The second kappa shape index (κ2) is 8.37. The van der Waals surface area contributed by atoms with E-state index in [0.717, 1.165) is 5.56 Å². The normalized spacial score (nSPS) is 10.9. The maximum absolute atomic E-state index is 12.3. The summed E-state index contributed by atoms with van der Waals surface area (Å²) in [5, 5.41) is 4.35. The van der Waals surface area contributed by atoms with E-state index >= 15 is 0 Å². The maximum atomic E-state index is 12.3. The van der Waals surface area contributed by atoms with Gasteiger partial charge in [-0.3, -0.25) is 9.59 Å². The number of rotatable bonds is 6. The van der Waals surface area contributed by atoms with Gasteiger partial charge in [0.25, 0.3) is 5.91 Å². The van der Waals surface area contributed by atoms with E-state index in [1.54, 1.807) is 23.5 Å². The Hall–Kier alpha value is -3.03. The molecule has 138 valence electrons. The molecular formula is C18H17F3N2O3. The lowest BCUT2D eigenvalue weighted by Crippen LogP contribution is -2.30. The molecule has 0 aliphatic rings. The standard InChI is InChI=1S/C18H17F3N2O3/c1-12-5-7-15(8-6-12)26-11-16(24)22-10-13-3-2-4-14(9-13)23-17(25)18(19,20)21/h2-9H,10-11H2,1H3,(H,22,24)(H,23,25). The van der Waals surface area contributed by atoms with Gasteiger partial charge in [0.15, 0.2) is 6.61 Å². The Bertz CT molecular complexity index is 774. The lowest BCUT2D eigenvalue weighted by atomic mass is 10.2. The summed E-state index contributed by atoms with van der Waals surface area (Å²) in [5.74, 6) is -1.87. The van der Waals surface area contributed by atoms with Crippen molar-refractivity contribution < 1.29 is 27.5 Å². The van der Waals surface area contributed by atoms with Gasteiger partial charge in [-0.05, 0) is 36.8 Å². The van der Waals surface area contributed by atoms with E-state index in [9.17, 15) is 22.8 Å². The highest BCUT2D eigenvalue weighted by Crippen LogP contribution is 2.19. The Morgan fingerprint density at radius 2 is 1.77 bits per heavy atom. The molecule has 8 heteroatoms.